The highest BCUT2D eigenvalue weighted by atomic mass is 31.2. The Hall–Kier alpha value is -3.08. The fourth-order valence-corrected chi connectivity index (χ4v) is 7.83. The summed E-state index contributed by atoms with van der Waals surface area (Å²) in [6, 6.07) is 0. The number of hydrogen-bond donors (Lipinski definition) is 2. The van der Waals surface area contributed by atoms with Crippen molar-refractivity contribution in [2.75, 3.05) is 26.4 Å². The number of carbonyl (C=O) groups excluding carboxylic acids is 3. The van der Waals surface area contributed by atoms with E-state index in [0.717, 1.165) is 77.0 Å². The summed E-state index contributed by atoms with van der Waals surface area (Å²) in [4.78, 5) is 48.2. The number of unbranched alkanes of at least 4 members (excludes halogenated alkanes) is 20. The van der Waals surface area contributed by atoms with Crippen LogP contribution in [0.2, 0.25) is 0 Å². The van der Waals surface area contributed by atoms with Gasteiger partial charge in [-0.25, -0.2) is 4.57 Å². The van der Waals surface area contributed by atoms with E-state index < -0.39 is 57.8 Å². The predicted molar refractivity (Wildman–Crippen MR) is 279 cm³/mol. The monoisotopic (exact) mass is 977 g/mol. The minimum absolute atomic E-state index is 0.0550. The van der Waals surface area contributed by atoms with Crippen molar-refractivity contribution in [3.05, 3.63) is 72.9 Å². The van der Waals surface area contributed by atoms with Crippen molar-refractivity contribution in [1.82, 2.24) is 0 Å². The molecule has 0 heterocycles. The number of hydrogen-bond acceptors (Lipinski definition) is 10. The van der Waals surface area contributed by atoms with Crippen molar-refractivity contribution < 1.29 is 52.2 Å². The molecule has 0 saturated carbocycles. The normalized spacial score (nSPS) is 14.0. The standard InChI is InChI=1S/C56H97O11P/c1-4-7-10-13-16-19-21-23-24-25-26-27-28-30-32-35-38-41-44-47-56(60)67-53(49-63-54(58)45-42-39-36-33-18-15-12-9-6-3)51-65-68(61,62)64-50-52(48-57)66-55(59)46-43-40-37-34-31-29-22-20-17-14-11-8-5-2/h8,11,16-17,19-20,23-24,29,31,37,40,52-53,57H,4-7,9-10,12-15,18,21-22,25-28,30,32-36,38-39,41-51H2,1-3H3,(H,61,62)/b11-8-,19-16-,20-17-,24-23-,31-29-,40-37-. The molecule has 68 heavy (non-hydrogen) atoms. The van der Waals surface area contributed by atoms with Crippen LogP contribution in [0.25, 0.3) is 0 Å². The van der Waals surface area contributed by atoms with Gasteiger partial charge in [-0.05, 0) is 77.0 Å². The Labute approximate surface area is 414 Å². The lowest BCUT2D eigenvalue weighted by Gasteiger charge is -2.21. The number of esters is 3. The van der Waals surface area contributed by atoms with Crippen molar-refractivity contribution in [3.8, 4) is 0 Å². The van der Waals surface area contributed by atoms with Gasteiger partial charge in [0.05, 0.1) is 19.8 Å². The van der Waals surface area contributed by atoms with Crippen LogP contribution in [0.3, 0.4) is 0 Å². The number of ether oxygens (including phenoxy) is 3. The molecule has 0 aromatic carbocycles. The summed E-state index contributed by atoms with van der Waals surface area (Å²) in [6.07, 6.45) is 54.7. The van der Waals surface area contributed by atoms with Crippen LogP contribution in [0.4, 0.5) is 0 Å². The summed E-state index contributed by atoms with van der Waals surface area (Å²) in [7, 11) is -4.76. The molecule has 0 radical (unpaired) electrons. The molecule has 0 aliphatic heterocycles. The van der Waals surface area contributed by atoms with Crippen LogP contribution in [0, 0.1) is 0 Å². The first-order valence-corrected chi connectivity index (χ1v) is 28.3. The number of carbonyl (C=O) groups is 3. The highest BCUT2D eigenvalue weighted by Gasteiger charge is 2.28. The molecular weight excluding hydrogens is 880 g/mol. The fourth-order valence-electron chi connectivity index (χ4n) is 7.05. The van der Waals surface area contributed by atoms with Crippen LogP contribution in [0.1, 0.15) is 226 Å². The van der Waals surface area contributed by atoms with Crippen LogP contribution in [0.15, 0.2) is 72.9 Å². The smallest absolute Gasteiger partial charge is 0.462 e. The van der Waals surface area contributed by atoms with E-state index in [9.17, 15) is 28.9 Å². The van der Waals surface area contributed by atoms with Crippen molar-refractivity contribution in [2.24, 2.45) is 0 Å². The molecule has 12 heteroatoms. The van der Waals surface area contributed by atoms with Crippen LogP contribution in [0.5, 0.6) is 0 Å². The largest absolute Gasteiger partial charge is 0.472 e. The summed E-state index contributed by atoms with van der Waals surface area (Å²) in [5.41, 5.74) is 0. The molecule has 3 atom stereocenters. The fraction of sp³-hybridized carbons (Fsp3) is 0.732. The number of phosphoric ester groups is 1. The molecule has 392 valence electrons. The van der Waals surface area contributed by atoms with Gasteiger partial charge in [0.15, 0.2) is 6.10 Å². The second-order valence-electron chi connectivity index (χ2n) is 17.7. The molecule has 0 spiro atoms. The average molecular weight is 977 g/mol. The van der Waals surface area contributed by atoms with E-state index in [1.165, 1.54) is 89.9 Å². The van der Waals surface area contributed by atoms with E-state index >= 15 is 0 Å². The molecule has 0 aromatic heterocycles. The van der Waals surface area contributed by atoms with Gasteiger partial charge in [-0.2, -0.15) is 0 Å². The van der Waals surface area contributed by atoms with Crippen LogP contribution in [-0.4, -0.2) is 66.5 Å². The van der Waals surface area contributed by atoms with Crippen molar-refractivity contribution in [3.63, 3.8) is 0 Å². The molecule has 0 fully saturated rings. The molecule has 11 nitrogen and oxygen atoms in total. The molecule has 3 unspecified atom stereocenters. The molecule has 2 N–H and O–H groups in total. The Morgan fingerprint density at radius 1 is 0.426 bits per heavy atom. The lowest BCUT2D eigenvalue weighted by molar-refractivity contribution is -0.161. The molecule has 0 saturated heterocycles. The van der Waals surface area contributed by atoms with Gasteiger partial charge in [0.2, 0.25) is 0 Å². The molecular formula is C56H97O11P. The summed E-state index contributed by atoms with van der Waals surface area (Å²) in [5.74, 6) is -1.56. The maximum Gasteiger partial charge on any atom is 0.472 e. The molecule has 0 amide bonds. The first-order chi connectivity index (χ1) is 33.2. The van der Waals surface area contributed by atoms with Gasteiger partial charge in [0, 0.05) is 19.3 Å². The summed E-state index contributed by atoms with van der Waals surface area (Å²) < 4.78 is 39.3. The highest BCUT2D eigenvalue weighted by Crippen LogP contribution is 2.43. The second kappa shape index (κ2) is 50.3. The minimum atomic E-state index is -4.76. The summed E-state index contributed by atoms with van der Waals surface area (Å²) in [5, 5.41) is 9.75. The Morgan fingerprint density at radius 2 is 0.794 bits per heavy atom. The molecule has 0 bridgehead atoms. The van der Waals surface area contributed by atoms with Crippen LogP contribution in [-0.2, 0) is 42.2 Å². The first-order valence-electron chi connectivity index (χ1n) is 26.8. The van der Waals surface area contributed by atoms with E-state index in [1.54, 1.807) is 0 Å². The van der Waals surface area contributed by atoms with Crippen molar-refractivity contribution in [1.29, 1.82) is 0 Å². The topological polar surface area (TPSA) is 155 Å². The Kier molecular flexibility index (Phi) is 48.0. The van der Waals surface area contributed by atoms with E-state index in [-0.39, 0.29) is 25.9 Å². The number of allylic oxidation sites excluding steroid dienone is 12. The molecule has 0 aliphatic rings. The number of phosphoric acid groups is 1. The Balaban J connectivity index is 4.72. The SMILES string of the molecule is CC/C=C\C/C=C\C/C=C\C/C=C\CCC(=O)OC(CO)COP(=O)(O)OCC(COC(=O)CCCCCCCCCCC)OC(=O)CCCCCCCCCCC/C=C\C/C=C\CCCCC. The number of aliphatic hydroxyl groups excluding tert-OH is 1. The quantitative estimate of drug-likeness (QED) is 0.0197. The first kappa shape index (κ1) is 64.9. The van der Waals surface area contributed by atoms with Crippen molar-refractivity contribution >= 4 is 25.7 Å². The zero-order chi connectivity index (χ0) is 49.9. The van der Waals surface area contributed by atoms with E-state index in [0.29, 0.717) is 19.3 Å². The van der Waals surface area contributed by atoms with Gasteiger partial charge in [0.1, 0.15) is 12.7 Å². The third-order valence-corrected chi connectivity index (χ3v) is 12.1. The van der Waals surface area contributed by atoms with Gasteiger partial charge >= 0.3 is 25.7 Å². The van der Waals surface area contributed by atoms with E-state index in [4.69, 9.17) is 23.3 Å². The molecule has 0 aliphatic carbocycles. The van der Waals surface area contributed by atoms with E-state index in [2.05, 4.69) is 81.5 Å². The number of aliphatic hydroxyl groups is 1. The number of rotatable bonds is 49. The Bertz CT molecular complexity index is 1420. The van der Waals surface area contributed by atoms with Gasteiger partial charge < -0.3 is 24.2 Å². The summed E-state index contributed by atoms with van der Waals surface area (Å²) in [6.45, 7) is 4.39. The zero-order valence-corrected chi connectivity index (χ0v) is 43.9. The Morgan fingerprint density at radius 3 is 1.29 bits per heavy atom. The predicted octanol–water partition coefficient (Wildman–Crippen LogP) is 15.4. The lowest BCUT2D eigenvalue weighted by atomic mass is 10.1. The average Bonchev–Trinajstić information content (AvgIpc) is 3.32. The van der Waals surface area contributed by atoms with Gasteiger partial charge in [0.25, 0.3) is 0 Å². The van der Waals surface area contributed by atoms with Gasteiger partial charge in [-0.1, -0.05) is 203 Å². The third kappa shape index (κ3) is 48.0. The zero-order valence-electron chi connectivity index (χ0n) is 43.1. The van der Waals surface area contributed by atoms with E-state index in [1.807, 2.05) is 12.2 Å². The third-order valence-electron chi connectivity index (χ3n) is 11.1. The maximum atomic E-state index is 12.9. The summed E-state index contributed by atoms with van der Waals surface area (Å²) >= 11 is 0. The van der Waals surface area contributed by atoms with Gasteiger partial charge in [-0.15, -0.1) is 0 Å². The maximum absolute atomic E-state index is 12.9. The minimum Gasteiger partial charge on any atom is -0.462 e. The lowest BCUT2D eigenvalue weighted by Crippen LogP contribution is -2.30. The molecule has 0 aromatic rings. The molecule has 0 rings (SSSR count). The second-order valence-corrected chi connectivity index (χ2v) is 19.1. The van der Waals surface area contributed by atoms with Crippen molar-refractivity contribution in [2.45, 2.75) is 238 Å². The highest BCUT2D eigenvalue weighted by molar-refractivity contribution is 7.47. The van der Waals surface area contributed by atoms with Crippen LogP contribution >= 0.6 is 7.82 Å². The van der Waals surface area contributed by atoms with Crippen LogP contribution < -0.4 is 0 Å². The van der Waals surface area contributed by atoms with Gasteiger partial charge in [-0.3, -0.25) is 23.4 Å².